The Morgan fingerprint density at radius 1 is 0.914 bits per heavy atom. The molecular weight excluding hydrogens is 748 g/mol. The predicted molar refractivity (Wildman–Crippen MR) is 222 cm³/mol. The van der Waals surface area contributed by atoms with E-state index in [1.807, 2.05) is 80.5 Å². The molecule has 3 fully saturated rings. The molecule has 2 saturated heterocycles. The Bertz CT molecular complexity index is 1370. The molecule has 18 atom stereocenters. The van der Waals surface area contributed by atoms with Crippen LogP contribution < -0.4 is 0 Å². The molecule has 58 heavy (non-hydrogen) atoms. The zero-order valence-corrected chi connectivity index (χ0v) is 38.4. The number of carbonyl (C=O) groups excluding carboxylic acids is 1. The highest BCUT2D eigenvalue weighted by atomic mass is 16.7. The first-order chi connectivity index (χ1) is 26.9. The molecule has 1 aliphatic carbocycles. The van der Waals surface area contributed by atoms with Gasteiger partial charge in [-0.2, -0.15) is 0 Å². The Hall–Kier alpha value is -1.56. The van der Waals surface area contributed by atoms with Gasteiger partial charge in [0.05, 0.1) is 53.0 Å². The van der Waals surface area contributed by atoms with Crippen LogP contribution in [0.2, 0.25) is 0 Å². The molecule has 0 bridgehead atoms. The van der Waals surface area contributed by atoms with Gasteiger partial charge in [-0.25, -0.2) is 0 Å². The number of hydrogen-bond acceptors (Lipinski definition) is 14. The first kappa shape index (κ1) is 50.8. The van der Waals surface area contributed by atoms with E-state index in [9.17, 15) is 25.2 Å². The van der Waals surface area contributed by atoms with Crippen molar-refractivity contribution in [2.75, 3.05) is 34.9 Å². The Kier molecular flexibility index (Phi) is 18.4. The average Bonchev–Trinajstić information content (AvgIpc) is 3.15. The maximum absolute atomic E-state index is 14.6. The van der Waals surface area contributed by atoms with E-state index in [4.69, 9.17) is 33.3 Å². The minimum Gasteiger partial charge on any atom is -0.392 e. The molecule has 0 amide bonds. The minimum atomic E-state index is -1.68. The van der Waals surface area contributed by atoms with Crippen LogP contribution in [-0.4, -0.2) is 150 Å². The highest BCUT2D eigenvalue weighted by Gasteiger charge is 2.53. The molecule has 4 N–H and O–H groups in total. The molecule has 2 aliphatic heterocycles. The lowest BCUT2D eigenvalue weighted by Gasteiger charge is -2.50. The topological polar surface area (TPSA) is 178 Å². The number of likely N-dealkylation sites (N-methyl/N-ethyl adjacent to an activating group) is 1. The van der Waals surface area contributed by atoms with Gasteiger partial charge >= 0.3 is 0 Å². The summed E-state index contributed by atoms with van der Waals surface area (Å²) >= 11 is 0. The lowest BCUT2D eigenvalue weighted by molar-refractivity contribution is -0.318. The van der Waals surface area contributed by atoms with E-state index in [1.54, 1.807) is 34.8 Å². The third-order valence-electron chi connectivity index (χ3n) is 13.7. The van der Waals surface area contributed by atoms with Crippen molar-refractivity contribution in [3.8, 4) is 0 Å². The Morgan fingerprint density at radius 3 is 2.09 bits per heavy atom. The SMILES string of the molecule is CC[C@H]1CC(=O)[C@H](C)[C@@H](O[C@H]2C[C@@](C)(OC)[C@@H](O)[C@H](C)O2)[C@H](C)[C@@H](O[C@@H]2O[C@H](C)C[C@H](N(C)C)[C@H]2O)[C@](C)(OC)C[C@@H](C)/C(=N\OCC=C(C)C)[C@H](C)[C@@H](O)[C@]1(C)O. The molecule has 3 aliphatic rings. The van der Waals surface area contributed by atoms with E-state index in [1.165, 1.54) is 7.11 Å². The van der Waals surface area contributed by atoms with E-state index in [0.717, 1.165) is 5.57 Å². The summed E-state index contributed by atoms with van der Waals surface area (Å²) in [6, 6.07) is -0.254. The van der Waals surface area contributed by atoms with E-state index in [-0.39, 0.29) is 43.8 Å². The van der Waals surface area contributed by atoms with Gasteiger partial charge in [-0.15, -0.1) is 0 Å². The van der Waals surface area contributed by atoms with Crippen molar-refractivity contribution < 1.29 is 58.5 Å². The number of hydrogen-bond donors (Lipinski definition) is 4. The number of carbonyl (C=O) groups is 1. The minimum absolute atomic E-state index is 0.0455. The van der Waals surface area contributed by atoms with Crippen molar-refractivity contribution in [1.82, 2.24) is 4.90 Å². The highest BCUT2D eigenvalue weighted by molar-refractivity contribution is 5.89. The fraction of sp³-hybridized carbons (Fsp3) is 0.909. The normalized spacial score (nSPS) is 45.8. The Balaban J connectivity index is 2.29. The fourth-order valence-electron chi connectivity index (χ4n) is 9.51. The summed E-state index contributed by atoms with van der Waals surface area (Å²) in [6.07, 6.45) is -4.46. The number of aliphatic hydroxyl groups excluding tert-OH is 3. The van der Waals surface area contributed by atoms with Gasteiger partial charge in [0.1, 0.15) is 24.6 Å². The molecule has 0 aromatic carbocycles. The van der Waals surface area contributed by atoms with Crippen LogP contribution in [0.25, 0.3) is 0 Å². The summed E-state index contributed by atoms with van der Waals surface area (Å²) in [5, 5.41) is 51.6. The molecule has 338 valence electrons. The van der Waals surface area contributed by atoms with Crippen molar-refractivity contribution in [3.63, 3.8) is 0 Å². The molecule has 3 rings (SSSR count). The number of allylic oxidation sites excluding steroid dienone is 1. The van der Waals surface area contributed by atoms with E-state index in [2.05, 4.69) is 5.16 Å². The van der Waals surface area contributed by atoms with Crippen LogP contribution in [0.1, 0.15) is 115 Å². The third-order valence-corrected chi connectivity index (χ3v) is 13.7. The summed E-state index contributed by atoms with van der Waals surface area (Å²) in [5.41, 5.74) is -2.25. The number of oxime groups is 1. The first-order valence-electron chi connectivity index (χ1n) is 21.4. The molecule has 0 spiro atoms. The number of Topliss-reactive ketones (excluding diaryl/α,β-unsaturated/α-hetero) is 1. The predicted octanol–water partition coefficient (Wildman–Crippen LogP) is 4.87. The maximum Gasteiger partial charge on any atom is 0.185 e. The van der Waals surface area contributed by atoms with Crippen molar-refractivity contribution >= 4 is 11.5 Å². The largest absolute Gasteiger partial charge is 0.392 e. The van der Waals surface area contributed by atoms with Gasteiger partial charge in [-0.1, -0.05) is 51.8 Å². The summed E-state index contributed by atoms with van der Waals surface area (Å²) in [4.78, 5) is 22.5. The summed E-state index contributed by atoms with van der Waals surface area (Å²) < 4.78 is 38.8. The number of nitrogens with zero attached hydrogens (tertiary/aromatic N) is 2. The number of methoxy groups -OCH3 is 2. The van der Waals surface area contributed by atoms with Gasteiger partial charge in [-0.3, -0.25) is 4.79 Å². The standard InChI is InChI=1S/C44H80N2O12/c1-17-31-21-33(47)27(6)37(57-34-23-42(10,52-15)39(50)30(9)56-34)29(8)40(58-41-36(48)32(46(13)14)20-26(5)55-41)43(11,53-16)22-25(4)35(45-54-19-18-24(2)3)28(7)38(49)44(31,12)51/h18,25-32,34,36-41,48-51H,17,19-23H2,1-16H3/b45-35+/t25-,26-,27+,28+,29+,30+,31+,32+,34+,36-,37-,38-,39+,40-,41+,42-,43-,44-/m1/s1. The molecule has 0 radical (unpaired) electrons. The van der Waals surface area contributed by atoms with Crippen LogP contribution in [0.15, 0.2) is 16.8 Å². The van der Waals surface area contributed by atoms with Crippen LogP contribution >= 0.6 is 0 Å². The van der Waals surface area contributed by atoms with E-state index in [0.29, 0.717) is 18.6 Å². The second-order valence-corrected chi connectivity index (χ2v) is 18.8. The summed E-state index contributed by atoms with van der Waals surface area (Å²) in [5.74, 6) is -3.26. The second kappa shape index (κ2) is 21.0. The van der Waals surface area contributed by atoms with Crippen molar-refractivity contribution in [2.45, 2.75) is 193 Å². The Labute approximate surface area is 348 Å². The monoisotopic (exact) mass is 829 g/mol. The lowest BCUT2D eigenvalue weighted by atomic mass is 9.69. The quantitative estimate of drug-likeness (QED) is 0.126. The van der Waals surface area contributed by atoms with Crippen LogP contribution in [-0.2, 0) is 38.1 Å². The highest BCUT2D eigenvalue weighted by Crippen LogP contribution is 2.43. The third kappa shape index (κ3) is 11.7. The average molecular weight is 829 g/mol. The smallest absolute Gasteiger partial charge is 0.185 e. The van der Waals surface area contributed by atoms with E-state index >= 15 is 0 Å². The summed E-state index contributed by atoms with van der Waals surface area (Å²) in [7, 11) is 6.97. The molecule has 0 aromatic heterocycles. The molecule has 1 saturated carbocycles. The molecule has 0 aromatic rings. The van der Waals surface area contributed by atoms with Gasteiger partial charge in [0, 0.05) is 56.8 Å². The second-order valence-electron chi connectivity index (χ2n) is 18.8. The first-order valence-corrected chi connectivity index (χ1v) is 21.4. The lowest BCUT2D eigenvalue weighted by Crippen LogP contribution is -2.61. The maximum atomic E-state index is 14.6. The molecule has 14 nitrogen and oxygen atoms in total. The summed E-state index contributed by atoms with van der Waals surface area (Å²) in [6.45, 7) is 22.6. The number of aliphatic hydroxyl groups is 4. The molecule has 14 heteroatoms. The van der Waals surface area contributed by atoms with Crippen LogP contribution in [0.3, 0.4) is 0 Å². The molecule has 0 unspecified atom stereocenters. The van der Waals surface area contributed by atoms with E-state index < -0.39 is 95.6 Å². The van der Waals surface area contributed by atoms with Gasteiger partial charge in [-0.05, 0) is 87.4 Å². The van der Waals surface area contributed by atoms with Gasteiger partial charge < -0.3 is 58.6 Å². The zero-order chi connectivity index (χ0) is 44.1. The van der Waals surface area contributed by atoms with Gasteiger partial charge in [0.2, 0.25) is 0 Å². The Morgan fingerprint density at radius 2 is 1.53 bits per heavy atom. The fourth-order valence-corrected chi connectivity index (χ4v) is 9.51. The number of ketones is 1. The molecular formula is C44H80N2O12. The van der Waals surface area contributed by atoms with Crippen molar-refractivity contribution in [2.24, 2.45) is 34.7 Å². The van der Waals surface area contributed by atoms with Crippen LogP contribution in [0, 0.1) is 29.6 Å². The zero-order valence-electron chi connectivity index (χ0n) is 38.4. The van der Waals surface area contributed by atoms with Crippen LogP contribution in [0.5, 0.6) is 0 Å². The molecule has 2 heterocycles. The number of rotatable bonds is 11. The van der Waals surface area contributed by atoms with Crippen LogP contribution in [0.4, 0.5) is 0 Å². The van der Waals surface area contributed by atoms with Gasteiger partial charge in [0.25, 0.3) is 0 Å². The number of ether oxygens (including phenoxy) is 6. The van der Waals surface area contributed by atoms with Gasteiger partial charge in [0.15, 0.2) is 12.6 Å². The van der Waals surface area contributed by atoms with Crippen molar-refractivity contribution in [3.05, 3.63) is 11.6 Å². The van der Waals surface area contributed by atoms with Crippen molar-refractivity contribution in [1.29, 1.82) is 0 Å².